The summed E-state index contributed by atoms with van der Waals surface area (Å²) in [6.45, 7) is 3.39. The maximum Gasteiger partial charge on any atom is 0.312 e. The van der Waals surface area contributed by atoms with Crippen molar-refractivity contribution in [3.05, 3.63) is 35.4 Å². The Morgan fingerprint density at radius 3 is 2.14 bits per heavy atom. The molecule has 0 saturated heterocycles. The number of hydrogen-bond acceptors (Lipinski definition) is 4. The van der Waals surface area contributed by atoms with Gasteiger partial charge in [-0.25, -0.2) is 0 Å². The molecule has 1 rings (SSSR count). The van der Waals surface area contributed by atoms with Crippen LogP contribution in [-0.4, -0.2) is 53.2 Å². The van der Waals surface area contributed by atoms with E-state index in [1.54, 1.807) is 6.92 Å². The van der Waals surface area contributed by atoms with Gasteiger partial charge in [0.15, 0.2) is 0 Å². The lowest BCUT2D eigenvalue weighted by atomic mass is 10.0. The van der Waals surface area contributed by atoms with Crippen LogP contribution in [0.5, 0.6) is 0 Å². The van der Waals surface area contributed by atoms with Crippen molar-refractivity contribution < 1.29 is 19.8 Å². The third-order valence-electron chi connectivity index (χ3n) is 3.46. The van der Waals surface area contributed by atoms with Crippen LogP contribution in [0.1, 0.15) is 31.0 Å². The number of carbonyl (C=O) groups is 2. The SMILES string of the molecule is CCc1ccc(C(C)NC(=O)C(=O)N(CCO)CCO)cc1. The van der Waals surface area contributed by atoms with E-state index in [-0.39, 0.29) is 32.3 Å². The lowest BCUT2D eigenvalue weighted by Gasteiger charge is -2.21. The van der Waals surface area contributed by atoms with Gasteiger partial charge in [-0.2, -0.15) is 0 Å². The van der Waals surface area contributed by atoms with Crippen molar-refractivity contribution in [2.24, 2.45) is 0 Å². The Labute approximate surface area is 130 Å². The van der Waals surface area contributed by atoms with E-state index in [9.17, 15) is 9.59 Å². The van der Waals surface area contributed by atoms with Crippen LogP contribution in [0.2, 0.25) is 0 Å². The monoisotopic (exact) mass is 308 g/mol. The van der Waals surface area contributed by atoms with Gasteiger partial charge in [0.2, 0.25) is 0 Å². The fourth-order valence-corrected chi connectivity index (χ4v) is 2.08. The number of aliphatic hydroxyl groups excluding tert-OH is 2. The summed E-state index contributed by atoms with van der Waals surface area (Å²) in [5, 5.41) is 20.4. The summed E-state index contributed by atoms with van der Waals surface area (Å²) in [5.74, 6) is -1.49. The van der Waals surface area contributed by atoms with Gasteiger partial charge < -0.3 is 20.4 Å². The molecule has 0 aliphatic carbocycles. The van der Waals surface area contributed by atoms with Gasteiger partial charge in [0, 0.05) is 13.1 Å². The van der Waals surface area contributed by atoms with Crippen LogP contribution >= 0.6 is 0 Å². The highest BCUT2D eigenvalue weighted by atomic mass is 16.3. The highest BCUT2D eigenvalue weighted by Gasteiger charge is 2.22. The average molecular weight is 308 g/mol. The van der Waals surface area contributed by atoms with Gasteiger partial charge in [-0.15, -0.1) is 0 Å². The number of benzene rings is 1. The molecule has 0 aliphatic heterocycles. The maximum atomic E-state index is 12.0. The summed E-state index contributed by atoms with van der Waals surface area (Å²) in [4.78, 5) is 25.1. The van der Waals surface area contributed by atoms with E-state index in [1.165, 1.54) is 5.56 Å². The van der Waals surface area contributed by atoms with Gasteiger partial charge in [-0.3, -0.25) is 9.59 Å². The second kappa shape index (κ2) is 9.17. The highest BCUT2D eigenvalue weighted by Crippen LogP contribution is 2.13. The first-order chi connectivity index (χ1) is 10.5. The fourth-order valence-electron chi connectivity index (χ4n) is 2.08. The second-order valence-corrected chi connectivity index (χ2v) is 5.03. The highest BCUT2D eigenvalue weighted by molar-refractivity contribution is 6.35. The molecule has 0 radical (unpaired) electrons. The van der Waals surface area contributed by atoms with Crippen molar-refractivity contribution in [3.8, 4) is 0 Å². The van der Waals surface area contributed by atoms with Crippen LogP contribution in [0.4, 0.5) is 0 Å². The molecule has 0 saturated carbocycles. The van der Waals surface area contributed by atoms with Crippen molar-refractivity contribution in [2.45, 2.75) is 26.3 Å². The lowest BCUT2D eigenvalue weighted by Crippen LogP contribution is -2.45. The molecule has 1 atom stereocenters. The smallest absolute Gasteiger partial charge is 0.312 e. The number of aryl methyl sites for hydroxylation is 1. The number of rotatable bonds is 7. The van der Waals surface area contributed by atoms with Gasteiger partial charge in [0.25, 0.3) is 0 Å². The van der Waals surface area contributed by atoms with Gasteiger partial charge in [0.05, 0.1) is 19.3 Å². The minimum Gasteiger partial charge on any atom is -0.395 e. The lowest BCUT2D eigenvalue weighted by molar-refractivity contribution is -0.146. The Bertz CT molecular complexity index is 481. The topological polar surface area (TPSA) is 89.9 Å². The van der Waals surface area contributed by atoms with E-state index in [2.05, 4.69) is 12.2 Å². The molecule has 122 valence electrons. The molecule has 0 bridgehead atoms. The Hall–Kier alpha value is -1.92. The molecule has 1 aromatic carbocycles. The molecule has 0 aromatic heterocycles. The van der Waals surface area contributed by atoms with E-state index in [0.717, 1.165) is 16.9 Å². The number of nitrogens with zero attached hydrogens (tertiary/aromatic N) is 1. The van der Waals surface area contributed by atoms with E-state index in [0.29, 0.717) is 0 Å². The fraction of sp³-hybridized carbons (Fsp3) is 0.500. The van der Waals surface area contributed by atoms with Gasteiger partial charge in [0.1, 0.15) is 0 Å². The Balaban J connectivity index is 2.66. The van der Waals surface area contributed by atoms with Crippen molar-refractivity contribution in [2.75, 3.05) is 26.3 Å². The molecule has 0 fully saturated rings. The first-order valence-electron chi connectivity index (χ1n) is 7.43. The van der Waals surface area contributed by atoms with E-state index < -0.39 is 11.8 Å². The molecule has 1 aromatic rings. The predicted molar refractivity (Wildman–Crippen MR) is 83.1 cm³/mol. The second-order valence-electron chi connectivity index (χ2n) is 5.03. The van der Waals surface area contributed by atoms with Crippen LogP contribution in [0, 0.1) is 0 Å². The molecule has 0 heterocycles. The Morgan fingerprint density at radius 1 is 1.14 bits per heavy atom. The molecule has 3 N–H and O–H groups in total. The maximum absolute atomic E-state index is 12.0. The molecule has 0 aliphatic rings. The number of carbonyl (C=O) groups excluding carboxylic acids is 2. The standard InChI is InChI=1S/C16H24N2O4/c1-3-13-4-6-14(7-5-13)12(2)17-15(21)16(22)18(8-10-19)9-11-20/h4-7,12,19-20H,3,8-11H2,1-2H3,(H,17,21). The third-order valence-corrected chi connectivity index (χ3v) is 3.46. The van der Waals surface area contributed by atoms with Crippen LogP contribution in [0.15, 0.2) is 24.3 Å². The molecule has 6 nitrogen and oxygen atoms in total. The summed E-state index contributed by atoms with van der Waals surface area (Å²) in [5.41, 5.74) is 2.12. The first-order valence-corrected chi connectivity index (χ1v) is 7.43. The van der Waals surface area contributed by atoms with Gasteiger partial charge in [-0.1, -0.05) is 31.2 Å². The number of nitrogens with one attached hydrogen (secondary N) is 1. The third kappa shape index (κ3) is 5.13. The summed E-state index contributed by atoms with van der Waals surface area (Å²) in [6, 6.07) is 7.53. The van der Waals surface area contributed by atoms with Crippen LogP contribution < -0.4 is 5.32 Å². The summed E-state index contributed by atoms with van der Waals surface area (Å²) < 4.78 is 0. The largest absolute Gasteiger partial charge is 0.395 e. The van der Waals surface area contributed by atoms with E-state index >= 15 is 0 Å². The minimum atomic E-state index is -0.750. The van der Waals surface area contributed by atoms with Crippen molar-refractivity contribution in [3.63, 3.8) is 0 Å². The number of hydrogen-bond donors (Lipinski definition) is 3. The molecule has 2 amide bonds. The van der Waals surface area contributed by atoms with E-state index in [4.69, 9.17) is 10.2 Å². The normalized spacial score (nSPS) is 11.8. The molecular formula is C16H24N2O4. The molecule has 0 spiro atoms. The summed E-state index contributed by atoms with van der Waals surface area (Å²) in [6.07, 6.45) is 0.941. The van der Waals surface area contributed by atoms with Gasteiger partial charge in [-0.05, 0) is 24.5 Å². The average Bonchev–Trinajstić information content (AvgIpc) is 2.53. The minimum absolute atomic E-state index is 0.0202. The van der Waals surface area contributed by atoms with Crippen molar-refractivity contribution >= 4 is 11.8 Å². The number of amides is 2. The quantitative estimate of drug-likeness (QED) is 0.629. The zero-order chi connectivity index (χ0) is 16.5. The predicted octanol–water partition coefficient (Wildman–Crippen LogP) is 0.239. The van der Waals surface area contributed by atoms with Crippen LogP contribution in [0.3, 0.4) is 0 Å². The molecule has 1 unspecified atom stereocenters. The molecule has 22 heavy (non-hydrogen) atoms. The summed E-state index contributed by atoms with van der Waals surface area (Å²) in [7, 11) is 0. The molecular weight excluding hydrogens is 284 g/mol. The Kier molecular flexibility index (Phi) is 7.56. The van der Waals surface area contributed by atoms with Crippen LogP contribution in [0.25, 0.3) is 0 Å². The zero-order valence-corrected chi connectivity index (χ0v) is 13.1. The van der Waals surface area contributed by atoms with Gasteiger partial charge >= 0.3 is 11.8 Å². The first kappa shape index (κ1) is 18.1. The van der Waals surface area contributed by atoms with E-state index in [1.807, 2.05) is 24.3 Å². The Morgan fingerprint density at radius 2 is 1.68 bits per heavy atom. The zero-order valence-electron chi connectivity index (χ0n) is 13.1. The van der Waals surface area contributed by atoms with Crippen molar-refractivity contribution in [1.29, 1.82) is 0 Å². The summed E-state index contributed by atoms with van der Waals surface area (Å²) >= 11 is 0. The van der Waals surface area contributed by atoms with Crippen molar-refractivity contribution in [1.82, 2.24) is 10.2 Å². The number of aliphatic hydroxyl groups is 2. The van der Waals surface area contributed by atoms with Crippen LogP contribution in [-0.2, 0) is 16.0 Å². The molecule has 6 heteroatoms.